The molecule has 0 aliphatic heterocycles. The van der Waals surface area contributed by atoms with Crippen LogP contribution in [0.1, 0.15) is 24.0 Å². The molecule has 0 fully saturated rings. The summed E-state index contributed by atoms with van der Waals surface area (Å²) < 4.78 is 0. The third-order valence-corrected chi connectivity index (χ3v) is 3.33. The minimum Gasteiger partial charge on any atom is -0.0620 e. The first-order valence-electron chi connectivity index (χ1n) is 5.53. The van der Waals surface area contributed by atoms with Crippen molar-refractivity contribution in [3.05, 3.63) is 59.7 Å². The van der Waals surface area contributed by atoms with Gasteiger partial charge in [0.1, 0.15) is 0 Å². The molecule has 0 nitrogen and oxygen atoms in total. The van der Waals surface area contributed by atoms with E-state index in [1.165, 1.54) is 28.7 Å². The summed E-state index contributed by atoms with van der Waals surface area (Å²) in [5.41, 5.74) is 5.83. The fourth-order valence-electron chi connectivity index (χ4n) is 2.57. The molecule has 1 atom stereocenters. The number of rotatable bonds is 0. The zero-order valence-corrected chi connectivity index (χ0v) is 8.90. The second-order valence-corrected chi connectivity index (χ2v) is 4.35. The lowest BCUT2D eigenvalue weighted by molar-refractivity contribution is 0.749. The van der Waals surface area contributed by atoms with Crippen molar-refractivity contribution >= 4 is 0 Å². The molecule has 0 saturated heterocycles. The summed E-state index contributed by atoms with van der Waals surface area (Å²) >= 11 is 0. The van der Waals surface area contributed by atoms with E-state index < -0.39 is 0 Å². The Morgan fingerprint density at radius 2 is 1.53 bits per heavy atom. The highest BCUT2D eigenvalue weighted by molar-refractivity contribution is 5.73. The van der Waals surface area contributed by atoms with Crippen LogP contribution in [0.15, 0.2) is 48.5 Å². The average molecular weight is 194 g/mol. The first-order chi connectivity index (χ1) is 7.36. The summed E-state index contributed by atoms with van der Waals surface area (Å²) in [6.45, 7) is 2.31. The molecule has 2 aromatic carbocycles. The standard InChI is InChI=1S/C15H14/c1-11-10-12-6-2-3-8-14(12)15-9-5-4-7-13(11)15/h2-9,11H,10H2,1H3. The van der Waals surface area contributed by atoms with E-state index in [1.807, 2.05) is 0 Å². The second-order valence-electron chi connectivity index (χ2n) is 4.35. The Kier molecular flexibility index (Phi) is 1.88. The molecule has 0 heteroatoms. The molecule has 0 radical (unpaired) electrons. The van der Waals surface area contributed by atoms with Crippen LogP contribution >= 0.6 is 0 Å². The number of benzene rings is 2. The molecule has 0 saturated carbocycles. The third kappa shape index (κ3) is 1.29. The maximum Gasteiger partial charge on any atom is -0.0144 e. The van der Waals surface area contributed by atoms with E-state index in [0.717, 1.165) is 0 Å². The van der Waals surface area contributed by atoms with Gasteiger partial charge in [-0.1, -0.05) is 55.5 Å². The van der Waals surface area contributed by atoms with Crippen molar-refractivity contribution in [2.75, 3.05) is 0 Å². The van der Waals surface area contributed by atoms with Crippen LogP contribution in [-0.4, -0.2) is 0 Å². The molecule has 0 N–H and O–H groups in total. The molecule has 3 rings (SSSR count). The summed E-state index contributed by atoms with van der Waals surface area (Å²) in [7, 11) is 0. The molecule has 0 aromatic heterocycles. The first kappa shape index (κ1) is 8.72. The quantitative estimate of drug-likeness (QED) is 0.594. The fourth-order valence-corrected chi connectivity index (χ4v) is 2.57. The lowest BCUT2D eigenvalue weighted by Crippen LogP contribution is -2.07. The van der Waals surface area contributed by atoms with Crippen molar-refractivity contribution in [1.29, 1.82) is 0 Å². The van der Waals surface area contributed by atoms with Gasteiger partial charge in [-0.25, -0.2) is 0 Å². The zero-order valence-electron chi connectivity index (χ0n) is 8.90. The van der Waals surface area contributed by atoms with Gasteiger partial charge in [-0.15, -0.1) is 0 Å². The molecule has 15 heavy (non-hydrogen) atoms. The van der Waals surface area contributed by atoms with Gasteiger partial charge < -0.3 is 0 Å². The van der Waals surface area contributed by atoms with Crippen molar-refractivity contribution in [3.63, 3.8) is 0 Å². The molecule has 74 valence electrons. The maximum absolute atomic E-state index is 2.31. The van der Waals surface area contributed by atoms with Crippen molar-refractivity contribution in [2.24, 2.45) is 0 Å². The molecule has 2 aromatic rings. The maximum atomic E-state index is 2.31. The zero-order chi connectivity index (χ0) is 10.3. The summed E-state index contributed by atoms with van der Waals surface area (Å²) in [5.74, 6) is 0.649. The number of fused-ring (bicyclic) bond motifs is 3. The molecule has 0 heterocycles. The Bertz CT molecular complexity index is 497. The Labute approximate surface area is 90.6 Å². The van der Waals surface area contributed by atoms with Gasteiger partial charge in [-0.3, -0.25) is 0 Å². The normalized spacial score (nSPS) is 18.1. The molecule has 1 unspecified atom stereocenters. The van der Waals surface area contributed by atoms with Gasteiger partial charge in [-0.2, -0.15) is 0 Å². The van der Waals surface area contributed by atoms with Gasteiger partial charge in [0.05, 0.1) is 0 Å². The molecular formula is C15H14. The predicted octanol–water partition coefficient (Wildman–Crippen LogP) is 4.01. The van der Waals surface area contributed by atoms with E-state index in [-0.39, 0.29) is 0 Å². The Morgan fingerprint density at radius 3 is 2.40 bits per heavy atom. The molecule has 1 aliphatic rings. The van der Waals surface area contributed by atoms with Crippen LogP contribution in [-0.2, 0) is 6.42 Å². The molecule has 0 amide bonds. The molecule has 0 bridgehead atoms. The third-order valence-electron chi connectivity index (χ3n) is 3.33. The van der Waals surface area contributed by atoms with Crippen LogP contribution in [0.2, 0.25) is 0 Å². The van der Waals surface area contributed by atoms with Crippen molar-refractivity contribution in [1.82, 2.24) is 0 Å². The van der Waals surface area contributed by atoms with Gasteiger partial charge in [0.15, 0.2) is 0 Å². The Hall–Kier alpha value is -1.56. The van der Waals surface area contributed by atoms with E-state index in [4.69, 9.17) is 0 Å². The predicted molar refractivity (Wildman–Crippen MR) is 64.0 cm³/mol. The average Bonchev–Trinajstić information content (AvgIpc) is 2.30. The van der Waals surface area contributed by atoms with Crippen LogP contribution in [0.3, 0.4) is 0 Å². The molecule has 1 aliphatic carbocycles. The summed E-state index contributed by atoms with van der Waals surface area (Å²) in [5, 5.41) is 0. The Morgan fingerprint density at radius 1 is 0.867 bits per heavy atom. The largest absolute Gasteiger partial charge is 0.0620 e. The van der Waals surface area contributed by atoms with Crippen LogP contribution in [0.4, 0.5) is 0 Å². The summed E-state index contributed by atoms with van der Waals surface area (Å²) in [6, 6.07) is 17.5. The van der Waals surface area contributed by atoms with Gasteiger partial charge in [0.25, 0.3) is 0 Å². The van der Waals surface area contributed by atoms with Crippen LogP contribution < -0.4 is 0 Å². The highest BCUT2D eigenvalue weighted by atomic mass is 14.2. The highest BCUT2D eigenvalue weighted by Crippen LogP contribution is 2.38. The SMILES string of the molecule is CC1Cc2ccccc2-c2ccccc21. The lowest BCUT2D eigenvalue weighted by atomic mass is 9.80. The van der Waals surface area contributed by atoms with Crippen molar-refractivity contribution in [2.45, 2.75) is 19.3 Å². The second kappa shape index (κ2) is 3.23. The van der Waals surface area contributed by atoms with Crippen molar-refractivity contribution < 1.29 is 0 Å². The highest BCUT2D eigenvalue weighted by Gasteiger charge is 2.19. The number of hydrogen-bond donors (Lipinski definition) is 0. The van der Waals surface area contributed by atoms with E-state index in [2.05, 4.69) is 55.5 Å². The van der Waals surface area contributed by atoms with E-state index >= 15 is 0 Å². The van der Waals surface area contributed by atoms with E-state index in [9.17, 15) is 0 Å². The summed E-state index contributed by atoms with van der Waals surface area (Å²) in [6.07, 6.45) is 1.17. The monoisotopic (exact) mass is 194 g/mol. The molecule has 0 spiro atoms. The van der Waals surface area contributed by atoms with E-state index in [1.54, 1.807) is 0 Å². The van der Waals surface area contributed by atoms with Gasteiger partial charge in [0.2, 0.25) is 0 Å². The fraction of sp³-hybridized carbons (Fsp3) is 0.200. The lowest BCUT2D eigenvalue weighted by Gasteiger charge is -2.24. The number of hydrogen-bond acceptors (Lipinski definition) is 0. The van der Waals surface area contributed by atoms with E-state index in [0.29, 0.717) is 5.92 Å². The smallest absolute Gasteiger partial charge is 0.0144 e. The van der Waals surface area contributed by atoms with Crippen LogP contribution in [0.5, 0.6) is 0 Å². The molecular weight excluding hydrogens is 180 g/mol. The van der Waals surface area contributed by atoms with Gasteiger partial charge >= 0.3 is 0 Å². The van der Waals surface area contributed by atoms with Crippen LogP contribution in [0, 0.1) is 0 Å². The Balaban J connectivity index is 2.30. The summed E-state index contributed by atoms with van der Waals surface area (Å²) in [4.78, 5) is 0. The minimum atomic E-state index is 0.649. The topological polar surface area (TPSA) is 0 Å². The van der Waals surface area contributed by atoms with Crippen LogP contribution in [0.25, 0.3) is 11.1 Å². The van der Waals surface area contributed by atoms with Gasteiger partial charge in [0, 0.05) is 0 Å². The first-order valence-corrected chi connectivity index (χ1v) is 5.53. The van der Waals surface area contributed by atoms with Crippen molar-refractivity contribution in [3.8, 4) is 11.1 Å². The minimum absolute atomic E-state index is 0.649. The van der Waals surface area contributed by atoms with Gasteiger partial charge in [-0.05, 0) is 34.6 Å².